The molecule has 0 spiro atoms. The van der Waals surface area contributed by atoms with Crippen LogP contribution in [0.3, 0.4) is 0 Å². The van der Waals surface area contributed by atoms with Gasteiger partial charge in [-0.25, -0.2) is 0 Å². The first-order valence-corrected chi connectivity index (χ1v) is 6.79. The highest BCUT2D eigenvalue weighted by molar-refractivity contribution is 5.29. The molecule has 0 aliphatic heterocycles. The lowest BCUT2D eigenvalue weighted by molar-refractivity contribution is -0.184. The molecule has 112 valence electrons. The van der Waals surface area contributed by atoms with Crippen LogP contribution in [0.1, 0.15) is 38.2 Å². The maximum absolute atomic E-state index is 12.7. The fourth-order valence-electron chi connectivity index (χ4n) is 2.69. The van der Waals surface area contributed by atoms with Gasteiger partial charge in [-0.1, -0.05) is 0 Å². The number of hydrogen-bond donors (Lipinski definition) is 1. The van der Waals surface area contributed by atoms with E-state index in [2.05, 4.69) is 4.98 Å². The zero-order chi connectivity index (χ0) is 14.8. The molecule has 2 N–H and O–H groups in total. The van der Waals surface area contributed by atoms with E-state index in [1.165, 1.54) is 0 Å². The van der Waals surface area contributed by atoms with E-state index in [0.29, 0.717) is 25.2 Å². The van der Waals surface area contributed by atoms with E-state index in [1.807, 2.05) is 6.92 Å². The zero-order valence-electron chi connectivity index (χ0n) is 11.4. The summed E-state index contributed by atoms with van der Waals surface area (Å²) in [5.41, 5.74) is 6.31. The van der Waals surface area contributed by atoms with Gasteiger partial charge in [-0.2, -0.15) is 13.2 Å². The Morgan fingerprint density at radius 3 is 2.55 bits per heavy atom. The van der Waals surface area contributed by atoms with E-state index < -0.39 is 17.6 Å². The van der Waals surface area contributed by atoms with E-state index in [4.69, 9.17) is 10.5 Å². The van der Waals surface area contributed by atoms with Crippen molar-refractivity contribution in [2.45, 2.75) is 44.3 Å². The quantitative estimate of drug-likeness (QED) is 0.927. The predicted molar refractivity (Wildman–Crippen MR) is 69.3 cm³/mol. The average Bonchev–Trinajstić information content (AvgIpc) is 2.39. The van der Waals surface area contributed by atoms with Crippen molar-refractivity contribution in [3.8, 4) is 5.75 Å². The Bertz CT molecular complexity index is 454. The van der Waals surface area contributed by atoms with E-state index in [1.54, 1.807) is 18.5 Å². The van der Waals surface area contributed by atoms with Gasteiger partial charge in [-0.3, -0.25) is 4.98 Å². The smallest absolute Gasteiger partial charge is 0.391 e. The van der Waals surface area contributed by atoms with Gasteiger partial charge in [0.15, 0.2) is 0 Å². The van der Waals surface area contributed by atoms with Gasteiger partial charge < -0.3 is 10.5 Å². The predicted octanol–water partition coefficient (Wildman–Crippen LogP) is 3.39. The number of aromatic nitrogens is 1. The molecule has 0 radical (unpaired) electrons. The lowest BCUT2D eigenvalue weighted by Crippen LogP contribution is -2.43. The van der Waals surface area contributed by atoms with Crippen LogP contribution in [0.2, 0.25) is 0 Å². The molecular formula is C14H19F3N2O. The third-order valence-corrected chi connectivity index (χ3v) is 3.94. The molecule has 0 amide bonds. The Balaban J connectivity index is 2.11. The molecule has 0 aromatic carbocycles. The first-order chi connectivity index (χ1) is 9.35. The number of hydrogen-bond acceptors (Lipinski definition) is 3. The number of alkyl halides is 3. The van der Waals surface area contributed by atoms with E-state index >= 15 is 0 Å². The van der Waals surface area contributed by atoms with Gasteiger partial charge in [0.1, 0.15) is 5.75 Å². The van der Waals surface area contributed by atoms with Crippen molar-refractivity contribution in [2.75, 3.05) is 6.61 Å². The third-order valence-electron chi connectivity index (χ3n) is 3.94. The first kappa shape index (κ1) is 15.1. The van der Waals surface area contributed by atoms with Crippen LogP contribution in [-0.2, 0) is 5.54 Å². The van der Waals surface area contributed by atoms with Crippen LogP contribution in [0.5, 0.6) is 5.75 Å². The van der Waals surface area contributed by atoms with Crippen LogP contribution < -0.4 is 10.5 Å². The lowest BCUT2D eigenvalue weighted by atomic mass is 9.73. The standard InChI is InChI=1S/C14H19F3N2O/c1-2-20-12-7-11(8-19-9-12)13(18)5-3-10(4-6-13)14(15,16)17/h7-10H,2-6,18H2,1H3. The molecule has 1 heterocycles. The number of halogens is 3. The molecule has 1 aromatic rings. The van der Waals surface area contributed by atoms with E-state index in [0.717, 1.165) is 5.56 Å². The summed E-state index contributed by atoms with van der Waals surface area (Å²) in [5, 5.41) is 0. The third kappa shape index (κ3) is 3.23. The number of nitrogens with zero attached hydrogens (tertiary/aromatic N) is 1. The lowest BCUT2D eigenvalue weighted by Gasteiger charge is -2.38. The second-order valence-electron chi connectivity index (χ2n) is 5.31. The summed E-state index contributed by atoms with van der Waals surface area (Å²) >= 11 is 0. The van der Waals surface area contributed by atoms with Gasteiger partial charge in [0, 0.05) is 11.7 Å². The Labute approximate surface area is 116 Å². The van der Waals surface area contributed by atoms with Gasteiger partial charge >= 0.3 is 6.18 Å². The molecule has 0 bridgehead atoms. The summed E-state index contributed by atoms with van der Waals surface area (Å²) in [6.45, 7) is 2.37. The van der Waals surface area contributed by atoms with Gasteiger partial charge in [0.05, 0.1) is 18.7 Å². The minimum atomic E-state index is -4.12. The molecule has 1 aromatic heterocycles. The maximum atomic E-state index is 12.7. The number of rotatable bonds is 3. The molecule has 0 saturated heterocycles. The van der Waals surface area contributed by atoms with Gasteiger partial charge in [-0.05, 0) is 44.2 Å². The van der Waals surface area contributed by atoms with Crippen LogP contribution in [0, 0.1) is 5.92 Å². The summed E-state index contributed by atoms with van der Waals surface area (Å²) in [4.78, 5) is 4.06. The van der Waals surface area contributed by atoms with E-state index in [9.17, 15) is 13.2 Å². The van der Waals surface area contributed by atoms with Crippen LogP contribution in [0.4, 0.5) is 13.2 Å². The van der Waals surface area contributed by atoms with Crippen molar-refractivity contribution in [3.63, 3.8) is 0 Å². The molecule has 1 fully saturated rings. The van der Waals surface area contributed by atoms with Crippen molar-refractivity contribution in [3.05, 3.63) is 24.0 Å². The fraction of sp³-hybridized carbons (Fsp3) is 0.643. The largest absolute Gasteiger partial charge is 0.492 e. The molecule has 1 aliphatic rings. The van der Waals surface area contributed by atoms with Gasteiger partial charge in [-0.15, -0.1) is 0 Å². The van der Waals surface area contributed by atoms with Crippen molar-refractivity contribution in [2.24, 2.45) is 11.7 Å². The Morgan fingerprint density at radius 2 is 2.00 bits per heavy atom. The summed E-state index contributed by atoms with van der Waals surface area (Å²) in [6.07, 6.45) is -0.151. The summed E-state index contributed by atoms with van der Waals surface area (Å²) < 4.78 is 43.4. The number of pyridine rings is 1. The second-order valence-corrected chi connectivity index (χ2v) is 5.31. The number of nitrogens with two attached hydrogens (primary N) is 1. The van der Waals surface area contributed by atoms with Gasteiger partial charge in [0.25, 0.3) is 0 Å². The van der Waals surface area contributed by atoms with Crippen molar-refractivity contribution in [1.82, 2.24) is 4.98 Å². The monoisotopic (exact) mass is 288 g/mol. The first-order valence-electron chi connectivity index (χ1n) is 6.79. The average molecular weight is 288 g/mol. The Hall–Kier alpha value is -1.30. The topological polar surface area (TPSA) is 48.1 Å². The fourth-order valence-corrected chi connectivity index (χ4v) is 2.69. The summed E-state index contributed by atoms with van der Waals surface area (Å²) in [6, 6.07) is 1.78. The molecule has 1 aliphatic carbocycles. The van der Waals surface area contributed by atoms with Crippen LogP contribution in [0.15, 0.2) is 18.5 Å². The Morgan fingerprint density at radius 1 is 1.35 bits per heavy atom. The van der Waals surface area contributed by atoms with Crippen molar-refractivity contribution >= 4 is 0 Å². The van der Waals surface area contributed by atoms with Gasteiger partial charge in [0.2, 0.25) is 0 Å². The minimum absolute atomic E-state index is 0.0683. The highest BCUT2D eigenvalue weighted by Crippen LogP contribution is 2.44. The summed E-state index contributed by atoms with van der Waals surface area (Å²) in [7, 11) is 0. The maximum Gasteiger partial charge on any atom is 0.391 e. The van der Waals surface area contributed by atoms with Crippen molar-refractivity contribution in [1.29, 1.82) is 0 Å². The Kier molecular flexibility index (Phi) is 4.22. The van der Waals surface area contributed by atoms with Crippen LogP contribution in [0.25, 0.3) is 0 Å². The summed E-state index contributed by atoms with van der Waals surface area (Å²) in [5.74, 6) is -0.630. The molecule has 1 saturated carbocycles. The van der Waals surface area contributed by atoms with Crippen LogP contribution >= 0.6 is 0 Å². The highest BCUT2D eigenvalue weighted by Gasteiger charge is 2.45. The van der Waals surface area contributed by atoms with Crippen molar-refractivity contribution < 1.29 is 17.9 Å². The van der Waals surface area contributed by atoms with Crippen LogP contribution in [-0.4, -0.2) is 17.8 Å². The molecule has 0 unspecified atom stereocenters. The SMILES string of the molecule is CCOc1cncc(C2(N)CCC(C(F)(F)F)CC2)c1. The highest BCUT2D eigenvalue weighted by atomic mass is 19.4. The molecule has 20 heavy (non-hydrogen) atoms. The molecule has 3 nitrogen and oxygen atoms in total. The number of ether oxygens (including phenoxy) is 1. The molecular weight excluding hydrogens is 269 g/mol. The zero-order valence-corrected chi connectivity index (χ0v) is 11.4. The molecule has 6 heteroatoms. The normalized spacial score (nSPS) is 27.4. The van der Waals surface area contributed by atoms with E-state index in [-0.39, 0.29) is 12.8 Å². The minimum Gasteiger partial charge on any atom is -0.492 e. The second kappa shape index (κ2) is 5.60. The molecule has 0 atom stereocenters. The molecule has 2 rings (SSSR count).